The molecule has 3 aromatic rings. The Morgan fingerprint density at radius 1 is 1.00 bits per heavy atom. The molecule has 0 unspecified atom stereocenters. The number of halogens is 2. The zero-order valence-corrected chi connectivity index (χ0v) is 14.0. The number of amides is 1. The van der Waals surface area contributed by atoms with Gasteiger partial charge in [0.05, 0.1) is 12.1 Å². The van der Waals surface area contributed by atoms with Crippen molar-refractivity contribution in [2.75, 3.05) is 5.32 Å². The first-order chi connectivity index (χ1) is 12.1. The van der Waals surface area contributed by atoms with Crippen LogP contribution < -0.4 is 10.1 Å². The van der Waals surface area contributed by atoms with Crippen molar-refractivity contribution in [3.05, 3.63) is 89.2 Å². The topological polar surface area (TPSA) is 38.3 Å². The average molecular weight is 356 g/mol. The van der Waals surface area contributed by atoms with Gasteiger partial charge in [-0.25, -0.2) is 4.39 Å². The molecule has 126 valence electrons. The predicted octanol–water partition coefficient (Wildman–Crippen LogP) is 5.45. The fraction of sp³-hybridized carbons (Fsp3) is 0.0500. The highest BCUT2D eigenvalue weighted by atomic mass is 35.5. The van der Waals surface area contributed by atoms with Gasteiger partial charge in [0.25, 0.3) is 0 Å². The van der Waals surface area contributed by atoms with Gasteiger partial charge in [0.2, 0.25) is 5.91 Å². The van der Waals surface area contributed by atoms with Crippen LogP contribution in [-0.2, 0) is 11.2 Å². The number of carbonyl (C=O) groups excluding carboxylic acids is 1. The maximum Gasteiger partial charge on any atom is 0.229 e. The molecule has 0 aromatic heterocycles. The average Bonchev–Trinajstić information content (AvgIpc) is 2.60. The molecular formula is C20H15ClFNO2. The largest absolute Gasteiger partial charge is 0.455 e. The Morgan fingerprint density at radius 2 is 1.72 bits per heavy atom. The number of para-hydroxylation sites is 3. The molecule has 0 atom stereocenters. The molecule has 0 aliphatic rings. The smallest absolute Gasteiger partial charge is 0.229 e. The minimum Gasteiger partial charge on any atom is -0.455 e. The quantitative estimate of drug-likeness (QED) is 0.660. The Hall–Kier alpha value is -2.85. The van der Waals surface area contributed by atoms with E-state index in [0.29, 0.717) is 22.2 Å². The summed E-state index contributed by atoms with van der Waals surface area (Å²) >= 11 is 5.72. The second-order valence-corrected chi connectivity index (χ2v) is 5.81. The van der Waals surface area contributed by atoms with Crippen LogP contribution in [0.15, 0.2) is 72.8 Å². The highest BCUT2D eigenvalue weighted by Crippen LogP contribution is 2.29. The number of ether oxygens (including phenoxy) is 1. The van der Waals surface area contributed by atoms with E-state index in [1.807, 2.05) is 36.4 Å². The fourth-order valence-corrected chi connectivity index (χ4v) is 2.47. The summed E-state index contributed by atoms with van der Waals surface area (Å²) in [5.41, 5.74) is 0.800. The maximum atomic E-state index is 13.8. The van der Waals surface area contributed by atoms with Gasteiger partial charge < -0.3 is 10.1 Å². The van der Waals surface area contributed by atoms with Crippen LogP contribution in [-0.4, -0.2) is 5.91 Å². The standard InChI is InChI=1S/C20H15ClFNO2/c21-15-11-10-14(17(22)13-15)12-20(24)23-18-8-4-5-9-19(18)25-16-6-2-1-3-7-16/h1-11,13H,12H2,(H,23,24). The van der Waals surface area contributed by atoms with Gasteiger partial charge in [-0.2, -0.15) is 0 Å². The van der Waals surface area contributed by atoms with Gasteiger partial charge in [0.15, 0.2) is 5.75 Å². The lowest BCUT2D eigenvalue weighted by Crippen LogP contribution is -2.15. The zero-order valence-electron chi connectivity index (χ0n) is 13.2. The van der Waals surface area contributed by atoms with Crippen molar-refractivity contribution in [3.8, 4) is 11.5 Å². The molecule has 1 amide bonds. The summed E-state index contributed by atoms with van der Waals surface area (Å²) < 4.78 is 19.6. The lowest BCUT2D eigenvalue weighted by Gasteiger charge is -2.12. The molecule has 0 saturated heterocycles. The molecular weight excluding hydrogens is 341 g/mol. The molecule has 0 saturated carbocycles. The molecule has 25 heavy (non-hydrogen) atoms. The Labute approximate surface area is 150 Å². The fourth-order valence-electron chi connectivity index (χ4n) is 2.31. The molecule has 3 rings (SSSR count). The molecule has 0 fully saturated rings. The molecule has 0 bridgehead atoms. The first-order valence-electron chi connectivity index (χ1n) is 7.67. The van der Waals surface area contributed by atoms with E-state index in [9.17, 15) is 9.18 Å². The van der Waals surface area contributed by atoms with Gasteiger partial charge in [-0.1, -0.05) is 48.0 Å². The van der Waals surface area contributed by atoms with E-state index in [1.54, 1.807) is 24.3 Å². The van der Waals surface area contributed by atoms with E-state index in [2.05, 4.69) is 5.32 Å². The minimum absolute atomic E-state index is 0.0946. The Balaban J connectivity index is 1.73. The third kappa shape index (κ3) is 4.58. The Kier molecular flexibility index (Phi) is 5.31. The summed E-state index contributed by atoms with van der Waals surface area (Å²) in [6.07, 6.45) is -0.0946. The van der Waals surface area contributed by atoms with Gasteiger partial charge in [-0.3, -0.25) is 4.79 Å². The normalized spacial score (nSPS) is 10.3. The first-order valence-corrected chi connectivity index (χ1v) is 8.05. The molecule has 0 radical (unpaired) electrons. The van der Waals surface area contributed by atoms with Gasteiger partial charge in [-0.15, -0.1) is 0 Å². The van der Waals surface area contributed by atoms with Crippen molar-refractivity contribution in [1.29, 1.82) is 0 Å². The highest BCUT2D eigenvalue weighted by Gasteiger charge is 2.12. The third-order valence-electron chi connectivity index (χ3n) is 3.50. The Morgan fingerprint density at radius 3 is 2.48 bits per heavy atom. The molecule has 3 nitrogen and oxygen atoms in total. The zero-order chi connectivity index (χ0) is 17.6. The summed E-state index contributed by atoms with van der Waals surface area (Å²) in [6, 6.07) is 20.6. The summed E-state index contributed by atoms with van der Waals surface area (Å²) in [6.45, 7) is 0. The van der Waals surface area contributed by atoms with Crippen LogP contribution in [0.5, 0.6) is 11.5 Å². The van der Waals surface area contributed by atoms with E-state index < -0.39 is 5.82 Å². The number of rotatable bonds is 5. The summed E-state index contributed by atoms with van der Waals surface area (Å²) in [4.78, 5) is 12.3. The van der Waals surface area contributed by atoms with Crippen LogP contribution in [0.25, 0.3) is 0 Å². The van der Waals surface area contributed by atoms with Crippen molar-refractivity contribution in [3.63, 3.8) is 0 Å². The summed E-state index contributed by atoms with van der Waals surface area (Å²) in [7, 11) is 0. The van der Waals surface area contributed by atoms with Gasteiger partial charge in [-0.05, 0) is 42.0 Å². The lowest BCUT2D eigenvalue weighted by atomic mass is 10.1. The van der Waals surface area contributed by atoms with Crippen LogP contribution >= 0.6 is 11.6 Å². The predicted molar refractivity (Wildman–Crippen MR) is 96.7 cm³/mol. The van der Waals surface area contributed by atoms with Crippen molar-refractivity contribution >= 4 is 23.2 Å². The van der Waals surface area contributed by atoms with Crippen LogP contribution in [0.3, 0.4) is 0 Å². The molecule has 0 spiro atoms. The lowest BCUT2D eigenvalue weighted by molar-refractivity contribution is -0.115. The van der Waals surface area contributed by atoms with Crippen LogP contribution in [0.4, 0.5) is 10.1 Å². The van der Waals surface area contributed by atoms with Crippen molar-refractivity contribution in [2.45, 2.75) is 6.42 Å². The number of benzene rings is 3. The SMILES string of the molecule is O=C(Cc1ccc(Cl)cc1F)Nc1ccccc1Oc1ccccc1. The van der Waals surface area contributed by atoms with E-state index in [0.717, 1.165) is 0 Å². The second-order valence-electron chi connectivity index (χ2n) is 5.37. The molecule has 0 aliphatic heterocycles. The highest BCUT2D eigenvalue weighted by molar-refractivity contribution is 6.30. The third-order valence-corrected chi connectivity index (χ3v) is 3.73. The van der Waals surface area contributed by atoms with E-state index in [1.165, 1.54) is 12.1 Å². The molecule has 0 aliphatic carbocycles. The molecule has 5 heteroatoms. The number of hydrogen-bond donors (Lipinski definition) is 1. The first kappa shape index (κ1) is 17.0. The van der Waals surface area contributed by atoms with Gasteiger partial charge >= 0.3 is 0 Å². The van der Waals surface area contributed by atoms with Crippen molar-refractivity contribution in [1.82, 2.24) is 0 Å². The number of anilines is 1. The van der Waals surface area contributed by atoms with Crippen LogP contribution in [0.2, 0.25) is 5.02 Å². The number of hydrogen-bond acceptors (Lipinski definition) is 2. The summed E-state index contributed by atoms with van der Waals surface area (Å²) in [5.74, 6) is 0.327. The van der Waals surface area contributed by atoms with Gasteiger partial charge in [0, 0.05) is 5.02 Å². The monoisotopic (exact) mass is 355 g/mol. The van der Waals surface area contributed by atoms with Crippen LogP contribution in [0.1, 0.15) is 5.56 Å². The number of carbonyl (C=O) groups is 1. The van der Waals surface area contributed by atoms with Crippen molar-refractivity contribution in [2.24, 2.45) is 0 Å². The van der Waals surface area contributed by atoms with Crippen molar-refractivity contribution < 1.29 is 13.9 Å². The van der Waals surface area contributed by atoms with Gasteiger partial charge in [0.1, 0.15) is 11.6 Å². The second kappa shape index (κ2) is 7.81. The van der Waals surface area contributed by atoms with E-state index in [-0.39, 0.29) is 17.9 Å². The minimum atomic E-state index is -0.503. The molecule has 0 heterocycles. The van der Waals surface area contributed by atoms with E-state index >= 15 is 0 Å². The molecule has 3 aromatic carbocycles. The van der Waals surface area contributed by atoms with E-state index in [4.69, 9.17) is 16.3 Å². The number of nitrogens with one attached hydrogen (secondary N) is 1. The Bertz CT molecular complexity index is 884. The van der Waals surface area contributed by atoms with Crippen LogP contribution in [0, 0.1) is 5.82 Å². The maximum absolute atomic E-state index is 13.8. The summed E-state index contributed by atoms with van der Waals surface area (Å²) in [5, 5.41) is 3.05. The molecule has 1 N–H and O–H groups in total.